The smallest absolute Gasteiger partial charge is 0.255 e. The Morgan fingerprint density at radius 1 is 0.962 bits per heavy atom. The first-order chi connectivity index (χ1) is 12.6. The minimum absolute atomic E-state index is 0.00883. The van der Waals surface area contributed by atoms with E-state index in [0.717, 1.165) is 12.8 Å². The highest BCUT2D eigenvalue weighted by Gasteiger charge is 2.19. The van der Waals surface area contributed by atoms with E-state index in [1.165, 1.54) is 19.8 Å². The number of ether oxygens (including phenoxy) is 2. The summed E-state index contributed by atoms with van der Waals surface area (Å²) in [6.45, 7) is 1.51. The highest BCUT2D eigenvalue weighted by molar-refractivity contribution is 6.05. The minimum Gasteiger partial charge on any atom is -0.493 e. The normalized spacial score (nSPS) is 14.1. The van der Waals surface area contributed by atoms with E-state index in [1.54, 1.807) is 49.6 Å². The molecule has 1 aliphatic rings. The Morgan fingerprint density at radius 2 is 1.62 bits per heavy atom. The van der Waals surface area contributed by atoms with Gasteiger partial charge in [0.1, 0.15) is 0 Å². The van der Waals surface area contributed by atoms with E-state index in [1.807, 2.05) is 0 Å². The highest BCUT2D eigenvalue weighted by atomic mass is 16.5. The van der Waals surface area contributed by atoms with Gasteiger partial charge in [-0.2, -0.15) is 0 Å². The van der Waals surface area contributed by atoms with Crippen molar-refractivity contribution in [3.05, 3.63) is 53.6 Å². The fourth-order valence-corrected chi connectivity index (χ4v) is 3.08. The molecule has 0 radical (unpaired) electrons. The van der Waals surface area contributed by atoms with Crippen LogP contribution in [-0.4, -0.2) is 24.9 Å². The van der Waals surface area contributed by atoms with Gasteiger partial charge in [0.25, 0.3) is 5.91 Å². The van der Waals surface area contributed by atoms with Crippen molar-refractivity contribution in [3.63, 3.8) is 0 Å². The predicted molar refractivity (Wildman–Crippen MR) is 100 cm³/mol. The maximum atomic E-state index is 12.5. The summed E-state index contributed by atoms with van der Waals surface area (Å²) in [7, 11) is 1.57. The molecule has 1 saturated carbocycles. The molecule has 1 amide bonds. The number of ketones is 1. The molecule has 2 aromatic rings. The van der Waals surface area contributed by atoms with Crippen molar-refractivity contribution >= 4 is 17.4 Å². The van der Waals surface area contributed by atoms with Crippen molar-refractivity contribution in [1.29, 1.82) is 0 Å². The lowest BCUT2D eigenvalue weighted by molar-refractivity contribution is 0.101. The summed E-state index contributed by atoms with van der Waals surface area (Å²) in [5.41, 5.74) is 1.72. The molecule has 5 heteroatoms. The lowest BCUT2D eigenvalue weighted by Gasteiger charge is -2.16. The first-order valence-electron chi connectivity index (χ1n) is 8.84. The van der Waals surface area contributed by atoms with Gasteiger partial charge in [-0.3, -0.25) is 9.59 Å². The van der Waals surface area contributed by atoms with Crippen molar-refractivity contribution in [2.24, 2.45) is 0 Å². The van der Waals surface area contributed by atoms with Gasteiger partial charge in [-0.1, -0.05) is 0 Å². The summed E-state index contributed by atoms with van der Waals surface area (Å²) >= 11 is 0. The molecular formula is C21H23NO4. The summed E-state index contributed by atoms with van der Waals surface area (Å²) in [5, 5.41) is 2.82. The quantitative estimate of drug-likeness (QED) is 0.778. The SMILES string of the molecule is COc1cc(C(=O)Nc2ccc(C(C)=O)cc2)ccc1OC1CCCC1. The molecule has 0 heterocycles. The molecule has 2 aromatic carbocycles. The summed E-state index contributed by atoms with van der Waals surface area (Å²) in [4.78, 5) is 23.8. The molecular weight excluding hydrogens is 330 g/mol. The van der Waals surface area contributed by atoms with Crippen LogP contribution in [-0.2, 0) is 0 Å². The van der Waals surface area contributed by atoms with Crippen LogP contribution in [0.2, 0.25) is 0 Å². The van der Waals surface area contributed by atoms with Crippen LogP contribution >= 0.6 is 0 Å². The summed E-state index contributed by atoms with van der Waals surface area (Å²) < 4.78 is 11.4. The number of hydrogen-bond acceptors (Lipinski definition) is 4. The van der Waals surface area contributed by atoms with E-state index in [0.29, 0.717) is 28.3 Å². The minimum atomic E-state index is -0.244. The van der Waals surface area contributed by atoms with Crippen LogP contribution < -0.4 is 14.8 Å². The number of anilines is 1. The Hall–Kier alpha value is -2.82. The molecule has 1 N–H and O–H groups in total. The van der Waals surface area contributed by atoms with Gasteiger partial charge in [0.2, 0.25) is 0 Å². The monoisotopic (exact) mass is 353 g/mol. The number of nitrogens with one attached hydrogen (secondary N) is 1. The fourth-order valence-electron chi connectivity index (χ4n) is 3.08. The zero-order chi connectivity index (χ0) is 18.5. The molecule has 1 fully saturated rings. The number of Topliss-reactive ketones (excluding diaryl/α,β-unsaturated/α-hetero) is 1. The van der Waals surface area contributed by atoms with Crippen molar-refractivity contribution < 1.29 is 19.1 Å². The largest absolute Gasteiger partial charge is 0.493 e. The average Bonchev–Trinajstić information content (AvgIpc) is 3.15. The second kappa shape index (κ2) is 8.04. The van der Waals surface area contributed by atoms with Gasteiger partial charge in [-0.25, -0.2) is 0 Å². The number of benzene rings is 2. The maximum absolute atomic E-state index is 12.5. The molecule has 0 saturated heterocycles. The molecule has 136 valence electrons. The van der Waals surface area contributed by atoms with E-state index in [9.17, 15) is 9.59 Å². The van der Waals surface area contributed by atoms with E-state index in [4.69, 9.17) is 9.47 Å². The van der Waals surface area contributed by atoms with E-state index in [2.05, 4.69) is 5.32 Å². The molecule has 0 aromatic heterocycles. The molecule has 0 spiro atoms. The lowest BCUT2D eigenvalue weighted by Crippen LogP contribution is -2.14. The molecule has 0 aliphatic heterocycles. The Morgan fingerprint density at radius 3 is 2.23 bits per heavy atom. The fraction of sp³-hybridized carbons (Fsp3) is 0.333. The number of methoxy groups -OCH3 is 1. The number of rotatable bonds is 6. The van der Waals surface area contributed by atoms with Crippen molar-refractivity contribution in [3.8, 4) is 11.5 Å². The van der Waals surface area contributed by atoms with E-state index in [-0.39, 0.29) is 17.8 Å². The Labute approximate surface area is 153 Å². The Kier molecular flexibility index (Phi) is 5.56. The second-order valence-electron chi connectivity index (χ2n) is 6.48. The standard InChI is InChI=1S/C21H23NO4/c1-14(23)15-7-10-17(11-8-15)22-21(24)16-9-12-19(20(13-16)25-2)26-18-5-3-4-6-18/h7-13,18H,3-6H2,1-2H3,(H,22,24). The highest BCUT2D eigenvalue weighted by Crippen LogP contribution is 2.32. The first kappa shape index (κ1) is 18.0. The van der Waals surface area contributed by atoms with Gasteiger partial charge in [-0.15, -0.1) is 0 Å². The zero-order valence-electron chi connectivity index (χ0n) is 15.1. The van der Waals surface area contributed by atoms with E-state index < -0.39 is 0 Å². The van der Waals surface area contributed by atoms with Gasteiger partial charge in [0.05, 0.1) is 13.2 Å². The van der Waals surface area contributed by atoms with Crippen LogP contribution in [0.1, 0.15) is 53.3 Å². The van der Waals surface area contributed by atoms with Crippen molar-refractivity contribution in [1.82, 2.24) is 0 Å². The van der Waals surface area contributed by atoms with Gasteiger partial charge >= 0.3 is 0 Å². The topological polar surface area (TPSA) is 64.6 Å². The van der Waals surface area contributed by atoms with Crippen LogP contribution in [0.15, 0.2) is 42.5 Å². The predicted octanol–water partition coefficient (Wildman–Crippen LogP) is 4.47. The maximum Gasteiger partial charge on any atom is 0.255 e. The van der Waals surface area contributed by atoms with Crippen molar-refractivity contribution in [2.75, 3.05) is 12.4 Å². The number of carbonyl (C=O) groups excluding carboxylic acids is 2. The molecule has 3 rings (SSSR count). The third-order valence-electron chi connectivity index (χ3n) is 4.57. The molecule has 0 unspecified atom stereocenters. The Balaban J connectivity index is 1.71. The van der Waals surface area contributed by atoms with Crippen LogP contribution in [0.25, 0.3) is 0 Å². The van der Waals surface area contributed by atoms with E-state index >= 15 is 0 Å². The summed E-state index contributed by atoms with van der Waals surface area (Å²) in [6, 6.07) is 12.0. The van der Waals surface area contributed by atoms with Crippen molar-refractivity contribution in [2.45, 2.75) is 38.7 Å². The number of amides is 1. The number of carbonyl (C=O) groups is 2. The third kappa shape index (κ3) is 4.23. The summed E-state index contributed by atoms with van der Waals surface area (Å²) in [5.74, 6) is 0.968. The molecule has 26 heavy (non-hydrogen) atoms. The number of hydrogen-bond donors (Lipinski definition) is 1. The van der Waals surface area contributed by atoms with Crippen LogP contribution in [0.3, 0.4) is 0 Å². The Bertz CT molecular complexity index is 792. The van der Waals surface area contributed by atoms with Crippen LogP contribution in [0.4, 0.5) is 5.69 Å². The van der Waals surface area contributed by atoms with Crippen LogP contribution in [0, 0.1) is 0 Å². The van der Waals surface area contributed by atoms with Crippen LogP contribution in [0.5, 0.6) is 11.5 Å². The molecule has 0 bridgehead atoms. The van der Waals surface area contributed by atoms with Gasteiger partial charge < -0.3 is 14.8 Å². The third-order valence-corrected chi connectivity index (χ3v) is 4.57. The zero-order valence-corrected chi connectivity index (χ0v) is 15.1. The van der Waals surface area contributed by atoms with Gasteiger partial charge in [0.15, 0.2) is 17.3 Å². The first-order valence-corrected chi connectivity index (χ1v) is 8.84. The molecule has 0 atom stereocenters. The summed E-state index contributed by atoms with van der Waals surface area (Å²) in [6.07, 6.45) is 4.72. The molecule has 5 nitrogen and oxygen atoms in total. The van der Waals surface area contributed by atoms with Gasteiger partial charge in [-0.05, 0) is 75.1 Å². The second-order valence-corrected chi connectivity index (χ2v) is 6.48. The lowest BCUT2D eigenvalue weighted by atomic mass is 10.1. The van der Waals surface area contributed by atoms with Gasteiger partial charge in [0, 0.05) is 16.8 Å². The molecule has 1 aliphatic carbocycles. The average molecular weight is 353 g/mol.